The van der Waals surface area contributed by atoms with Crippen LogP contribution in [0.1, 0.15) is 62.2 Å². The average Bonchev–Trinajstić information content (AvgIpc) is 2.87. The van der Waals surface area contributed by atoms with Crippen molar-refractivity contribution in [3.63, 3.8) is 0 Å². The number of rotatable bonds is 5. The highest BCUT2D eigenvalue weighted by Crippen LogP contribution is 2.29. The molecule has 1 aliphatic heterocycles. The van der Waals surface area contributed by atoms with Crippen molar-refractivity contribution >= 4 is 23.5 Å². The Morgan fingerprint density at radius 3 is 2.56 bits per heavy atom. The lowest BCUT2D eigenvalue weighted by atomic mass is 10.1. The zero-order valence-corrected chi connectivity index (χ0v) is 15.9. The van der Waals surface area contributed by atoms with Crippen molar-refractivity contribution in [2.75, 3.05) is 18.5 Å². The summed E-state index contributed by atoms with van der Waals surface area (Å²) < 4.78 is 5.05. The highest BCUT2D eigenvalue weighted by molar-refractivity contribution is 6.03. The maximum absolute atomic E-state index is 12.7. The number of carbonyl (C=O) groups is 3. The van der Waals surface area contributed by atoms with Gasteiger partial charge in [-0.1, -0.05) is 37.8 Å². The molecule has 2 aliphatic rings. The van der Waals surface area contributed by atoms with E-state index < -0.39 is 5.97 Å². The first-order valence-electron chi connectivity index (χ1n) is 9.96. The van der Waals surface area contributed by atoms with Crippen molar-refractivity contribution in [2.45, 2.75) is 57.9 Å². The molecule has 1 aliphatic carbocycles. The smallest absolute Gasteiger partial charge is 0.340 e. The summed E-state index contributed by atoms with van der Waals surface area (Å²) in [6, 6.07) is 7.07. The molecule has 27 heavy (non-hydrogen) atoms. The average molecular weight is 372 g/mol. The standard InChI is InChI=1S/C21H28N2O4/c1-2-27-21(26)17-11-7-8-12-18(17)22-20(25)15-13-19(24)23(14-15)16-9-5-3-4-6-10-16/h7-8,11-12,15-16H,2-6,9-10,13-14H2,1H3,(H,22,25). The van der Waals surface area contributed by atoms with Crippen LogP contribution in [0.5, 0.6) is 0 Å². The fourth-order valence-electron chi connectivity index (χ4n) is 4.04. The van der Waals surface area contributed by atoms with E-state index in [9.17, 15) is 14.4 Å². The molecule has 1 heterocycles. The first-order chi connectivity index (χ1) is 13.1. The number of esters is 1. The van der Waals surface area contributed by atoms with Crippen molar-refractivity contribution in [1.29, 1.82) is 0 Å². The molecule has 1 aromatic carbocycles. The highest BCUT2D eigenvalue weighted by Gasteiger charge is 2.38. The van der Waals surface area contributed by atoms with Crippen LogP contribution in [0, 0.1) is 5.92 Å². The lowest BCUT2D eigenvalue weighted by Gasteiger charge is -2.27. The molecule has 6 nitrogen and oxygen atoms in total. The molecule has 1 N–H and O–H groups in total. The molecule has 0 bridgehead atoms. The Kier molecular flexibility index (Phi) is 6.48. The number of hydrogen-bond acceptors (Lipinski definition) is 4. The summed E-state index contributed by atoms with van der Waals surface area (Å²) in [5.41, 5.74) is 0.763. The Bertz CT molecular complexity index is 695. The van der Waals surface area contributed by atoms with Crippen LogP contribution in [-0.2, 0) is 14.3 Å². The van der Waals surface area contributed by atoms with Crippen molar-refractivity contribution < 1.29 is 19.1 Å². The second kappa shape index (κ2) is 9.02. The molecule has 2 amide bonds. The third kappa shape index (κ3) is 4.67. The molecule has 2 fully saturated rings. The van der Waals surface area contributed by atoms with E-state index in [-0.39, 0.29) is 36.8 Å². The van der Waals surface area contributed by atoms with Crippen LogP contribution >= 0.6 is 0 Å². The first kappa shape index (κ1) is 19.4. The summed E-state index contributed by atoms with van der Waals surface area (Å²) in [4.78, 5) is 39.2. The van der Waals surface area contributed by atoms with Crippen LogP contribution in [0.15, 0.2) is 24.3 Å². The highest BCUT2D eigenvalue weighted by atomic mass is 16.5. The first-order valence-corrected chi connectivity index (χ1v) is 9.96. The maximum atomic E-state index is 12.7. The Hall–Kier alpha value is -2.37. The SMILES string of the molecule is CCOC(=O)c1ccccc1NC(=O)C1CC(=O)N(C2CCCCCC2)C1. The lowest BCUT2D eigenvalue weighted by molar-refractivity contribution is -0.130. The fraction of sp³-hybridized carbons (Fsp3) is 0.571. The number of likely N-dealkylation sites (tertiary alicyclic amines) is 1. The lowest BCUT2D eigenvalue weighted by Crippen LogP contribution is -2.37. The van der Waals surface area contributed by atoms with Crippen LogP contribution < -0.4 is 5.32 Å². The Morgan fingerprint density at radius 2 is 1.85 bits per heavy atom. The van der Waals surface area contributed by atoms with Gasteiger partial charge in [-0.15, -0.1) is 0 Å². The number of benzene rings is 1. The number of para-hydroxylation sites is 1. The summed E-state index contributed by atoms with van der Waals surface area (Å²) in [6.45, 7) is 2.48. The van der Waals surface area contributed by atoms with Crippen LogP contribution in [0.2, 0.25) is 0 Å². The molecule has 1 saturated heterocycles. The van der Waals surface area contributed by atoms with Crippen molar-refractivity contribution in [1.82, 2.24) is 4.90 Å². The molecular formula is C21H28N2O4. The van der Waals surface area contributed by atoms with Gasteiger partial charge < -0.3 is 15.0 Å². The molecule has 1 saturated carbocycles. The van der Waals surface area contributed by atoms with Gasteiger partial charge in [0.05, 0.1) is 23.8 Å². The summed E-state index contributed by atoms with van der Waals surface area (Å²) in [6.07, 6.45) is 7.07. The fourth-order valence-corrected chi connectivity index (χ4v) is 4.04. The number of amides is 2. The maximum Gasteiger partial charge on any atom is 0.340 e. The van der Waals surface area contributed by atoms with E-state index in [4.69, 9.17) is 4.74 Å². The number of nitrogens with one attached hydrogen (secondary N) is 1. The van der Waals surface area contributed by atoms with E-state index in [1.54, 1.807) is 31.2 Å². The molecule has 1 unspecified atom stereocenters. The minimum absolute atomic E-state index is 0.0701. The van der Waals surface area contributed by atoms with Crippen LogP contribution in [0.25, 0.3) is 0 Å². The Labute approximate surface area is 160 Å². The van der Waals surface area contributed by atoms with Gasteiger partial charge in [0.25, 0.3) is 0 Å². The number of anilines is 1. The zero-order valence-electron chi connectivity index (χ0n) is 15.9. The van der Waals surface area contributed by atoms with Gasteiger partial charge in [-0.05, 0) is 31.9 Å². The van der Waals surface area contributed by atoms with E-state index in [2.05, 4.69) is 5.32 Å². The molecule has 1 atom stereocenters. The second-order valence-corrected chi connectivity index (χ2v) is 7.35. The minimum Gasteiger partial charge on any atom is -0.462 e. The molecule has 0 aromatic heterocycles. The Morgan fingerprint density at radius 1 is 1.15 bits per heavy atom. The molecular weight excluding hydrogens is 344 g/mol. The van der Waals surface area contributed by atoms with Crippen LogP contribution in [0.3, 0.4) is 0 Å². The summed E-state index contributed by atoms with van der Waals surface area (Å²) in [5, 5.41) is 2.83. The second-order valence-electron chi connectivity index (χ2n) is 7.35. The zero-order chi connectivity index (χ0) is 19.2. The third-order valence-electron chi connectivity index (χ3n) is 5.47. The van der Waals surface area contributed by atoms with Crippen molar-refractivity contribution in [3.8, 4) is 0 Å². The summed E-state index contributed by atoms with van der Waals surface area (Å²) >= 11 is 0. The van der Waals surface area contributed by atoms with Gasteiger partial charge in [0.15, 0.2) is 0 Å². The summed E-state index contributed by atoms with van der Waals surface area (Å²) in [7, 11) is 0. The topological polar surface area (TPSA) is 75.7 Å². The van der Waals surface area contributed by atoms with Gasteiger partial charge in [-0.3, -0.25) is 9.59 Å². The van der Waals surface area contributed by atoms with E-state index in [1.165, 1.54) is 12.8 Å². The third-order valence-corrected chi connectivity index (χ3v) is 5.47. The molecule has 6 heteroatoms. The molecule has 1 aromatic rings. The van der Waals surface area contributed by atoms with Crippen molar-refractivity contribution in [3.05, 3.63) is 29.8 Å². The van der Waals surface area contributed by atoms with E-state index in [0.29, 0.717) is 17.8 Å². The van der Waals surface area contributed by atoms with Gasteiger partial charge >= 0.3 is 5.97 Å². The summed E-state index contributed by atoms with van der Waals surface area (Å²) in [5.74, 6) is -0.982. The molecule has 0 spiro atoms. The predicted molar refractivity (Wildman–Crippen MR) is 102 cm³/mol. The minimum atomic E-state index is -0.462. The number of nitrogens with zero attached hydrogens (tertiary/aromatic N) is 1. The van der Waals surface area contributed by atoms with Crippen molar-refractivity contribution in [2.24, 2.45) is 5.92 Å². The number of carbonyl (C=O) groups excluding carboxylic acids is 3. The monoisotopic (exact) mass is 372 g/mol. The molecule has 3 rings (SSSR count). The van der Waals surface area contributed by atoms with Gasteiger partial charge in [-0.25, -0.2) is 4.79 Å². The van der Waals surface area contributed by atoms with Gasteiger partial charge in [0.2, 0.25) is 11.8 Å². The van der Waals surface area contributed by atoms with Gasteiger partial charge in [0.1, 0.15) is 0 Å². The molecule has 146 valence electrons. The van der Waals surface area contributed by atoms with E-state index in [1.807, 2.05) is 4.90 Å². The molecule has 0 radical (unpaired) electrons. The quantitative estimate of drug-likeness (QED) is 0.635. The van der Waals surface area contributed by atoms with Gasteiger partial charge in [-0.2, -0.15) is 0 Å². The van der Waals surface area contributed by atoms with E-state index in [0.717, 1.165) is 25.7 Å². The Balaban J connectivity index is 1.65. The number of ether oxygens (including phenoxy) is 1. The van der Waals surface area contributed by atoms with Crippen LogP contribution in [-0.4, -0.2) is 41.9 Å². The largest absolute Gasteiger partial charge is 0.462 e. The van der Waals surface area contributed by atoms with Crippen LogP contribution in [0.4, 0.5) is 5.69 Å². The van der Waals surface area contributed by atoms with Gasteiger partial charge in [0, 0.05) is 19.0 Å². The number of hydrogen-bond donors (Lipinski definition) is 1. The normalized spacial score (nSPS) is 21.0. The predicted octanol–water partition coefficient (Wildman–Crippen LogP) is 3.37. The van der Waals surface area contributed by atoms with E-state index >= 15 is 0 Å².